The molecule has 2 rings (SSSR count). The van der Waals surface area contributed by atoms with Crippen LogP contribution in [0.4, 0.5) is 5.95 Å². The maximum Gasteiger partial charge on any atom is 0.329 e. The number of carbonyl (C=O) groups excluding carboxylic acids is 1. The summed E-state index contributed by atoms with van der Waals surface area (Å²) in [6.07, 6.45) is 0. The zero-order valence-electron chi connectivity index (χ0n) is 9.70. The van der Waals surface area contributed by atoms with Crippen LogP contribution in [0.25, 0.3) is 0 Å². The fourth-order valence-electron chi connectivity index (χ4n) is 1.51. The van der Waals surface area contributed by atoms with Crippen LogP contribution in [0.15, 0.2) is 0 Å². The first-order valence-corrected chi connectivity index (χ1v) is 5.55. The molecule has 0 amide bonds. The first-order chi connectivity index (χ1) is 8.29. The summed E-state index contributed by atoms with van der Waals surface area (Å²) >= 11 is 0. The second kappa shape index (κ2) is 5.58. The first-order valence-electron chi connectivity index (χ1n) is 5.55. The molecule has 2 heterocycles. The Bertz CT molecular complexity index is 374. The largest absolute Gasteiger partial charge is 0.465 e. The number of esters is 1. The normalized spacial score (nSPS) is 15.9. The van der Waals surface area contributed by atoms with E-state index >= 15 is 0 Å². The van der Waals surface area contributed by atoms with E-state index < -0.39 is 0 Å². The van der Waals surface area contributed by atoms with E-state index in [0.29, 0.717) is 25.8 Å². The van der Waals surface area contributed by atoms with E-state index in [4.69, 9.17) is 9.47 Å². The number of morpholine rings is 1. The van der Waals surface area contributed by atoms with Crippen LogP contribution in [0.3, 0.4) is 0 Å². The van der Waals surface area contributed by atoms with Crippen LogP contribution >= 0.6 is 0 Å². The molecule has 1 aliphatic rings. The fourth-order valence-corrected chi connectivity index (χ4v) is 1.51. The molecule has 1 saturated heterocycles. The Hall–Kier alpha value is -1.70. The maximum absolute atomic E-state index is 11.2. The highest BCUT2D eigenvalue weighted by atomic mass is 16.5. The third-order valence-corrected chi connectivity index (χ3v) is 2.31. The minimum Gasteiger partial charge on any atom is -0.465 e. The SMILES string of the molecule is CCOC(=O)Cn1nnc(N2CCOCC2)n1. The molecule has 0 spiro atoms. The monoisotopic (exact) mass is 241 g/mol. The highest BCUT2D eigenvalue weighted by Crippen LogP contribution is 2.06. The molecule has 0 unspecified atom stereocenters. The van der Waals surface area contributed by atoms with Gasteiger partial charge in [0.05, 0.1) is 19.8 Å². The van der Waals surface area contributed by atoms with E-state index in [9.17, 15) is 4.79 Å². The van der Waals surface area contributed by atoms with Crippen LogP contribution in [0.2, 0.25) is 0 Å². The third kappa shape index (κ3) is 3.13. The van der Waals surface area contributed by atoms with E-state index in [0.717, 1.165) is 13.1 Å². The molecular formula is C9H15N5O3. The van der Waals surface area contributed by atoms with Crippen molar-refractivity contribution in [2.75, 3.05) is 37.8 Å². The summed E-state index contributed by atoms with van der Waals surface area (Å²) in [7, 11) is 0. The van der Waals surface area contributed by atoms with Gasteiger partial charge in [-0.3, -0.25) is 0 Å². The Morgan fingerprint density at radius 1 is 1.47 bits per heavy atom. The summed E-state index contributed by atoms with van der Waals surface area (Å²) in [5.74, 6) is 0.163. The van der Waals surface area contributed by atoms with Crippen molar-refractivity contribution in [2.45, 2.75) is 13.5 Å². The predicted molar refractivity (Wildman–Crippen MR) is 57.5 cm³/mol. The highest BCUT2D eigenvalue weighted by Gasteiger charge is 2.16. The maximum atomic E-state index is 11.2. The fraction of sp³-hybridized carbons (Fsp3) is 0.778. The molecular weight excluding hydrogens is 226 g/mol. The Morgan fingerprint density at radius 3 is 2.94 bits per heavy atom. The molecule has 8 nitrogen and oxygen atoms in total. The Balaban J connectivity index is 1.93. The summed E-state index contributed by atoms with van der Waals surface area (Å²) in [6, 6.07) is 0. The van der Waals surface area contributed by atoms with Crippen LogP contribution < -0.4 is 4.90 Å². The van der Waals surface area contributed by atoms with Gasteiger partial charge in [0, 0.05) is 13.1 Å². The van der Waals surface area contributed by atoms with Crippen LogP contribution in [0.1, 0.15) is 6.92 Å². The first kappa shape index (κ1) is 11.8. The van der Waals surface area contributed by atoms with Crippen molar-refractivity contribution in [2.24, 2.45) is 0 Å². The minimum atomic E-state index is -0.363. The predicted octanol–water partition coefficient (Wildman–Crippen LogP) is -0.927. The van der Waals surface area contributed by atoms with Gasteiger partial charge in [-0.05, 0) is 12.1 Å². The molecule has 1 fully saturated rings. The van der Waals surface area contributed by atoms with E-state index in [1.807, 2.05) is 4.90 Å². The van der Waals surface area contributed by atoms with Crippen LogP contribution in [0.5, 0.6) is 0 Å². The van der Waals surface area contributed by atoms with E-state index in [1.54, 1.807) is 6.92 Å². The molecule has 0 radical (unpaired) electrons. The van der Waals surface area contributed by atoms with Crippen molar-refractivity contribution in [3.05, 3.63) is 0 Å². The topological polar surface area (TPSA) is 82.4 Å². The van der Waals surface area contributed by atoms with Gasteiger partial charge >= 0.3 is 5.97 Å². The molecule has 0 bridgehead atoms. The summed E-state index contributed by atoms with van der Waals surface area (Å²) < 4.78 is 10.0. The van der Waals surface area contributed by atoms with Gasteiger partial charge in [-0.15, -0.1) is 5.10 Å². The number of hydrogen-bond donors (Lipinski definition) is 0. The molecule has 0 aliphatic carbocycles. The molecule has 0 aromatic carbocycles. The number of ether oxygens (including phenoxy) is 2. The number of carbonyl (C=O) groups is 1. The quantitative estimate of drug-likeness (QED) is 0.630. The lowest BCUT2D eigenvalue weighted by Gasteiger charge is -2.24. The Morgan fingerprint density at radius 2 is 2.24 bits per heavy atom. The average molecular weight is 241 g/mol. The molecule has 1 aromatic rings. The van der Waals surface area contributed by atoms with Crippen molar-refractivity contribution < 1.29 is 14.3 Å². The number of hydrogen-bond acceptors (Lipinski definition) is 7. The highest BCUT2D eigenvalue weighted by molar-refractivity contribution is 5.68. The summed E-state index contributed by atoms with van der Waals surface area (Å²) in [5.41, 5.74) is 0. The number of rotatable bonds is 4. The van der Waals surface area contributed by atoms with Gasteiger partial charge in [0.2, 0.25) is 0 Å². The molecule has 0 N–H and O–H groups in total. The Labute approximate surface area is 98.5 Å². The third-order valence-electron chi connectivity index (χ3n) is 2.31. The van der Waals surface area contributed by atoms with Crippen molar-refractivity contribution in [1.82, 2.24) is 20.2 Å². The van der Waals surface area contributed by atoms with Gasteiger partial charge in [-0.2, -0.15) is 4.80 Å². The van der Waals surface area contributed by atoms with Crippen LogP contribution in [-0.4, -0.2) is 59.1 Å². The molecule has 17 heavy (non-hydrogen) atoms. The molecule has 0 atom stereocenters. The van der Waals surface area contributed by atoms with Gasteiger partial charge in [-0.1, -0.05) is 5.10 Å². The van der Waals surface area contributed by atoms with Gasteiger partial charge in [0.15, 0.2) is 6.54 Å². The number of tetrazole rings is 1. The molecule has 0 saturated carbocycles. The van der Waals surface area contributed by atoms with Gasteiger partial charge in [-0.25, -0.2) is 4.79 Å². The van der Waals surface area contributed by atoms with Gasteiger partial charge in [0.25, 0.3) is 5.95 Å². The zero-order valence-corrected chi connectivity index (χ0v) is 9.70. The standard InChI is InChI=1S/C9H15N5O3/c1-2-17-8(15)7-14-11-9(10-12-14)13-3-5-16-6-4-13/h2-7H2,1H3. The second-order valence-electron chi connectivity index (χ2n) is 3.52. The number of anilines is 1. The van der Waals surface area contributed by atoms with Crippen molar-refractivity contribution in [3.63, 3.8) is 0 Å². The molecule has 1 aliphatic heterocycles. The van der Waals surface area contributed by atoms with Crippen molar-refractivity contribution >= 4 is 11.9 Å². The summed E-state index contributed by atoms with van der Waals surface area (Å²) in [5, 5.41) is 11.8. The smallest absolute Gasteiger partial charge is 0.329 e. The van der Waals surface area contributed by atoms with Crippen LogP contribution in [-0.2, 0) is 20.8 Å². The number of nitrogens with zero attached hydrogens (tertiary/aromatic N) is 5. The summed E-state index contributed by atoms with van der Waals surface area (Å²) in [6.45, 7) is 4.90. The van der Waals surface area contributed by atoms with Crippen molar-refractivity contribution in [3.8, 4) is 0 Å². The van der Waals surface area contributed by atoms with E-state index in [-0.39, 0.29) is 12.5 Å². The molecule has 8 heteroatoms. The average Bonchev–Trinajstić information content (AvgIpc) is 2.79. The molecule has 1 aromatic heterocycles. The molecule has 94 valence electrons. The lowest BCUT2D eigenvalue weighted by Crippen LogP contribution is -2.37. The lowest BCUT2D eigenvalue weighted by molar-refractivity contribution is -0.144. The lowest BCUT2D eigenvalue weighted by atomic mass is 10.4. The second-order valence-corrected chi connectivity index (χ2v) is 3.52. The Kier molecular flexibility index (Phi) is 3.86. The van der Waals surface area contributed by atoms with E-state index in [2.05, 4.69) is 15.4 Å². The number of aromatic nitrogens is 4. The van der Waals surface area contributed by atoms with Crippen LogP contribution in [0, 0.1) is 0 Å². The van der Waals surface area contributed by atoms with Crippen molar-refractivity contribution in [1.29, 1.82) is 0 Å². The summed E-state index contributed by atoms with van der Waals surface area (Å²) in [4.78, 5) is 14.4. The minimum absolute atomic E-state index is 0.00875. The zero-order chi connectivity index (χ0) is 12.1. The van der Waals surface area contributed by atoms with E-state index in [1.165, 1.54) is 4.80 Å². The van der Waals surface area contributed by atoms with Gasteiger partial charge in [0.1, 0.15) is 0 Å². The van der Waals surface area contributed by atoms with Gasteiger partial charge < -0.3 is 14.4 Å².